The van der Waals surface area contributed by atoms with Gasteiger partial charge in [-0.25, -0.2) is 0 Å². The zero-order valence-electron chi connectivity index (χ0n) is 10.6. The molecule has 0 N–H and O–H groups in total. The molecule has 0 spiro atoms. The van der Waals surface area contributed by atoms with Crippen LogP contribution < -0.4 is 4.90 Å². The van der Waals surface area contributed by atoms with Gasteiger partial charge in [-0.3, -0.25) is 0 Å². The smallest absolute Gasteiger partial charge is 0.0991 e. The lowest BCUT2D eigenvalue weighted by Crippen LogP contribution is -2.29. The van der Waals surface area contributed by atoms with Crippen molar-refractivity contribution in [2.45, 2.75) is 13.3 Å². The Balaban J connectivity index is 2.19. The average molecular weight is 229 g/mol. The summed E-state index contributed by atoms with van der Waals surface area (Å²) < 4.78 is 0. The van der Waals surface area contributed by atoms with Crippen LogP contribution in [0.15, 0.2) is 18.2 Å². The molecule has 0 aromatic heterocycles. The number of aryl methyl sites for hydroxylation is 1. The second-order valence-corrected chi connectivity index (χ2v) is 4.76. The molecule has 17 heavy (non-hydrogen) atoms. The van der Waals surface area contributed by atoms with Crippen LogP contribution in [0.5, 0.6) is 0 Å². The number of hydrogen-bond acceptors (Lipinski definition) is 3. The highest BCUT2D eigenvalue weighted by Gasteiger charge is 2.14. The van der Waals surface area contributed by atoms with Crippen LogP contribution in [0.25, 0.3) is 0 Å². The summed E-state index contributed by atoms with van der Waals surface area (Å²) in [6, 6.07) is 8.16. The van der Waals surface area contributed by atoms with E-state index in [0.29, 0.717) is 0 Å². The lowest BCUT2D eigenvalue weighted by molar-refractivity contribution is 0.360. The van der Waals surface area contributed by atoms with Gasteiger partial charge in [0.2, 0.25) is 0 Å². The molecule has 1 heterocycles. The predicted molar refractivity (Wildman–Crippen MR) is 70.2 cm³/mol. The molecule has 3 nitrogen and oxygen atoms in total. The van der Waals surface area contributed by atoms with E-state index in [4.69, 9.17) is 5.26 Å². The van der Waals surface area contributed by atoms with Crippen molar-refractivity contribution in [1.82, 2.24) is 4.90 Å². The Bertz CT molecular complexity index is 434. The fourth-order valence-electron chi connectivity index (χ4n) is 2.37. The maximum atomic E-state index is 8.87. The van der Waals surface area contributed by atoms with Gasteiger partial charge in [-0.05, 0) is 50.7 Å². The van der Waals surface area contributed by atoms with E-state index in [2.05, 4.69) is 35.9 Å². The van der Waals surface area contributed by atoms with E-state index in [1.165, 1.54) is 24.2 Å². The fraction of sp³-hybridized carbons (Fsp3) is 0.500. The number of likely N-dealkylation sites (N-methyl/N-ethyl adjacent to an activating group) is 1. The Hall–Kier alpha value is -1.53. The first-order valence-electron chi connectivity index (χ1n) is 6.15. The van der Waals surface area contributed by atoms with Gasteiger partial charge in [0, 0.05) is 25.3 Å². The zero-order valence-corrected chi connectivity index (χ0v) is 10.6. The normalized spacial score (nSPS) is 17.6. The molecule has 0 amide bonds. The van der Waals surface area contributed by atoms with Gasteiger partial charge in [-0.15, -0.1) is 0 Å². The predicted octanol–water partition coefficient (Wildman–Crippen LogP) is 2.01. The van der Waals surface area contributed by atoms with Crippen LogP contribution in [-0.2, 0) is 0 Å². The molecule has 2 rings (SSSR count). The Labute approximate surface area is 103 Å². The van der Waals surface area contributed by atoms with Gasteiger partial charge in [0.15, 0.2) is 0 Å². The number of hydrogen-bond donors (Lipinski definition) is 0. The van der Waals surface area contributed by atoms with Crippen molar-refractivity contribution >= 4 is 5.69 Å². The first-order valence-corrected chi connectivity index (χ1v) is 6.15. The Morgan fingerprint density at radius 1 is 1.18 bits per heavy atom. The lowest BCUT2D eigenvalue weighted by atomic mass is 10.1. The quantitative estimate of drug-likeness (QED) is 0.738. The summed E-state index contributed by atoms with van der Waals surface area (Å²) in [5.41, 5.74) is 3.23. The molecular weight excluding hydrogens is 210 g/mol. The van der Waals surface area contributed by atoms with E-state index in [1.54, 1.807) is 0 Å². The van der Waals surface area contributed by atoms with Gasteiger partial charge >= 0.3 is 0 Å². The summed E-state index contributed by atoms with van der Waals surface area (Å²) in [5, 5.41) is 8.87. The van der Waals surface area contributed by atoms with Crippen LogP contribution in [0, 0.1) is 18.3 Å². The van der Waals surface area contributed by atoms with Crippen LogP contribution in [-0.4, -0.2) is 38.1 Å². The third-order valence-corrected chi connectivity index (χ3v) is 3.39. The van der Waals surface area contributed by atoms with Crippen LogP contribution in [0.3, 0.4) is 0 Å². The summed E-state index contributed by atoms with van der Waals surface area (Å²) >= 11 is 0. The monoisotopic (exact) mass is 229 g/mol. The number of nitriles is 1. The molecule has 1 aliphatic heterocycles. The molecule has 0 atom stereocenters. The summed E-state index contributed by atoms with van der Waals surface area (Å²) in [5.74, 6) is 0. The average Bonchev–Trinajstić information content (AvgIpc) is 2.54. The Kier molecular flexibility index (Phi) is 3.65. The van der Waals surface area contributed by atoms with Crippen molar-refractivity contribution < 1.29 is 0 Å². The third-order valence-electron chi connectivity index (χ3n) is 3.39. The van der Waals surface area contributed by atoms with Gasteiger partial charge in [0.05, 0.1) is 11.6 Å². The highest BCUT2D eigenvalue weighted by atomic mass is 15.2. The van der Waals surface area contributed by atoms with Gasteiger partial charge < -0.3 is 9.80 Å². The molecule has 0 aliphatic carbocycles. The second kappa shape index (κ2) is 5.20. The topological polar surface area (TPSA) is 30.3 Å². The maximum Gasteiger partial charge on any atom is 0.0991 e. The van der Waals surface area contributed by atoms with Gasteiger partial charge in [-0.2, -0.15) is 5.26 Å². The molecule has 1 fully saturated rings. The summed E-state index contributed by atoms with van der Waals surface area (Å²) in [7, 11) is 2.18. The molecule has 1 saturated heterocycles. The Morgan fingerprint density at radius 2 is 2.00 bits per heavy atom. The van der Waals surface area contributed by atoms with Crippen molar-refractivity contribution in [3.05, 3.63) is 29.3 Å². The van der Waals surface area contributed by atoms with E-state index in [-0.39, 0.29) is 0 Å². The van der Waals surface area contributed by atoms with Crippen molar-refractivity contribution in [1.29, 1.82) is 5.26 Å². The highest BCUT2D eigenvalue weighted by molar-refractivity contribution is 5.56. The first-order chi connectivity index (χ1) is 8.20. The van der Waals surface area contributed by atoms with Crippen LogP contribution >= 0.6 is 0 Å². The van der Waals surface area contributed by atoms with Crippen molar-refractivity contribution in [3.63, 3.8) is 0 Å². The summed E-state index contributed by atoms with van der Waals surface area (Å²) in [6.45, 7) is 6.55. The summed E-state index contributed by atoms with van der Waals surface area (Å²) in [4.78, 5) is 4.80. The second-order valence-electron chi connectivity index (χ2n) is 4.76. The molecular formula is C14H19N3. The van der Waals surface area contributed by atoms with Gasteiger partial charge in [0.25, 0.3) is 0 Å². The van der Waals surface area contributed by atoms with Crippen LogP contribution in [0.2, 0.25) is 0 Å². The molecule has 1 aromatic carbocycles. The molecule has 0 unspecified atom stereocenters. The van der Waals surface area contributed by atoms with E-state index in [1.807, 2.05) is 12.1 Å². The number of anilines is 1. The van der Waals surface area contributed by atoms with Gasteiger partial charge in [0.1, 0.15) is 0 Å². The zero-order chi connectivity index (χ0) is 12.3. The van der Waals surface area contributed by atoms with Crippen molar-refractivity contribution in [2.24, 2.45) is 0 Å². The first kappa shape index (κ1) is 11.9. The molecule has 0 saturated carbocycles. The van der Waals surface area contributed by atoms with Crippen molar-refractivity contribution in [2.75, 3.05) is 38.1 Å². The summed E-state index contributed by atoms with van der Waals surface area (Å²) in [6.07, 6.45) is 1.20. The van der Waals surface area contributed by atoms with Crippen molar-refractivity contribution in [3.8, 4) is 6.07 Å². The van der Waals surface area contributed by atoms with E-state index < -0.39 is 0 Å². The number of rotatable bonds is 1. The lowest BCUT2D eigenvalue weighted by Gasteiger charge is -2.24. The highest BCUT2D eigenvalue weighted by Crippen LogP contribution is 2.22. The maximum absolute atomic E-state index is 8.87. The number of nitrogens with zero attached hydrogens (tertiary/aromatic N) is 3. The van der Waals surface area contributed by atoms with E-state index in [0.717, 1.165) is 25.2 Å². The number of benzene rings is 1. The SMILES string of the molecule is Cc1cc(C#N)ccc1N1CCCN(C)CC1. The molecule has 1 aliphatic rings. The van der Waals surface area contributed by atoms with E-state index in [9.17, 15) is 0 Å². The largest absolute Gasteiger partial charge is 0.370 e. The van der Waals surface area contributed by atoms with Gasteiger partial charge in [-0.1, -0.05) is 0 Å². The standard InChI is InChI=1S/C14H19N3/c1-12-10-13(11-15)4-5-14(12)17-7-3-6-16(2)8-9-17/h4-5,10H,3,6-9H2,1-2H3. The fourth-order valence-corrected chi connectivity index (χ4v) is 2.37. The molecule has 90 valence electrons. The molecule has 1 aromatic rings. The minimum atomic E-state index is 0.748. The molecule has 0 radical (unpaired) electrons. The minimum Gasteiger partial charge on any atom is -0.370 e. The molecule has 0 bridgehead atoms. The molecule has 3 heteroatoms. The third kappa shape index (κ3) is 2.78. The van der Waals surface area contributed by atoms with E-state index >= 15 is 0 Å². The van der Waals surface area contributed by atoms with Crippen LogP contribution in [0.4, 0.5) is 5.69 Å². The minimum absolute atomic E-state index is 0.748. The Morgan fingerprint density at radius 3 is 2.71 bits per heavy atom. The van der Waals surface area contributed by atoms with Crippen LogP contribution in [0.1, 0.15) is 17.5 Å².